The van der Waals surface area contributed by atoms with Crippen LogP contribution in [0.15, 0.2) is 4.90 Å². The smallest absolute Gasteiger partial charge is 0.310 e. The Bertz CT molecular complexity index is 828. The average Bonchev–Trinajstić information content (AvgIpc) is 2.56. The Kier molecular flexibility index (Phi) is 7.18. The molecule has 1 aromatic carbocycles. The van der Waals surface area contributed by atoms with Crippen molar-refractivity contribution in [3.63, 3.8) is 0 Å². The number of aliphatic carboxylic acids is 1. The normalized spacial score (nSPS) is 12.1. The molecular formula is C19H30N2O5S. The van der Waals surface area contributed by atoms with Crippen LogP contribution in [0.4, 0.5) is 0 Å². The summed E-state index contributed by atoms with van der Waals surface area (Å²) in [5.74, 6) is -1.42. The molecule has 0 radical (unpaired) electrons. The highest BCUT2D eigenvalue weighted by Crippen LogP contribution is 2.29. The first-order valence-electron chi connectivity index (χ1n) is 8.79. The third-order valence-electron chi connectivity index (χ3n) is 5.15. The number of benzene rings is 1. The molecule has 0 aromatic heterocycles. The highest BCUT2D eigenvalue weighted by Gasteiger charge is 2.28. The van der Waals surface area contributed by atoms with Gasteiger partial charge in [0.2, 0.25) is 15.9 Å². The number of hydrogen-bond acceptors (Lipinski definition) is 4. The minimum atomic E-state index is -3.76. The van der Waals surface area contributed by atoms with Crippen LogP contribution in [0.5, 0.6) is 0 Å². The summed E-state index contributed by atoms with van der Waals surface area (Å²) in [5.41, 5.74) is 3.27. The molecule has 7 nitrogen and oxygen atoms in total. The van der Waals surface area contributed by atoms with Crippen LogP contribution in [0, 0.1) is 40.0 Å². The predicted octanol–water partition coefficient (Wildman–Crippen LogP) is 2.12. The van der Waals surface area contributed by atoms with E-state index >= 15 is 0 Å². The van der Waals surface area contributed by atoms with E-state index in [1.165, 1.54) is 13.8 Å². The van der Waals surface area contributed by atoms with Gasteiger partial charge in [0, 0.05) is 19.5 Å². The monoisotopic (exact) mass is 398 g/mol. The lowest BCUT2D eigenvalue weighted by molar-refractivity contribution is -0.146. The number of carboxylic acid groups (broad SMARTS) is 1. The molecule has 0 aliphatic rings. The van der Waals surface area contributed by atoms with Gasteiger partial charge in [-0.25, -0.2) is 13.1 Å². The second-order valence-corrected chi connectivity index (χ2v) is 9.27. The summed E-state index contributed by atoms with van der Waals surface area (Å²) in [6, 6.07) is 0. The van der Waals surface area contributed by atoms with Crippen molar-refractivity contribution in [2.24, 2.45) is 5.41 Å². The van der Waals surface area contributed by atoms with Crippen molar-refractivity contribution in [3.05, 3.63) is 27.8 Å². The van der Waals surface area contributed by atoms with E-state index in [9.17, 15) is 18.0 Å². The van der Waals surface area contributed by atoms with Crippen LogP contribution in [-0.4, -0.2) is 38.5 Å². The Labute approximate surface area is 161 Å². The van der Waals surface area contributed by atoms with Crippen LogP contribution in [0.1, 0.15) is 48.1 Å². The fourth-order valence-electron chi connectivity index (χ4n) is 2.72. The molecule has 152 valence electrons. The predicted molar refractivity (Wildman–Crippen MR) is 104 cm³/mol. The van der Waals surface area contributed by atoms with Gasteiger partial charge in [0.25, 0.3) is 0 Å². The Morgan fingerprint density at radius 1 is 0.926 bits per heavy atom. The third-order valence-corrected chi connectivity index (χ3v) is 6.88. The van der Waals surface area contributed by atoms with Crippen molar-refractivity contribution in [1.82, 2.24) is 10.0 Å². The Morgan fingerprint density at radius 3 is 1.81 bits per heavy atom. The molecule has 8 heteroatoms. The maximum absolute atomic E-state index is 12.8. The minimum Gasteiger partial charge on any atom is -0.481 e. The lowest BCUT2D eigenvalue weighted by atomic mass is 9.94. The van der Waals surface area contributed by atoms with Gasteiger partial charge in [-0.1, -0.05) is 0 Å². The number of hydrogen-bond donors (Lipinski definition) is 3. The molecule has 0 bridgehead atoms. The number of carbonyl (C=O) groups is 2. The summed E-state index contributed by atoms with van der Waals surface area (Å²) >= 11 is 0. The summed E-state index contributed by atoms with van der Waals surface area (Å²) in [6.45, 7) is 12.2. The topological polar surface area (TPSA) is 113 Å². The zero-order valence-corrected chi connectivity index (χ0v) is 17.9. The lowest BCUT2D eigenvalue weighted by Gasteiger charge is -2.20. The van der Waals surface area contributed by atoms with E-state index in [1.54, 1.807) is 13.8 Å². The van der Waals surface area contributed by atoms with Crippen molar-refractivity contribution >= 4 is 21.9 Å². The van der Waals surface area contributed by atoms with Gasteiger partial charge in [-0.3, -0.25) is 9.59 Å². The molecule has 0 unspecified atom stereocenters. The summed E-state index contributed by atoms with van der Waals surface area (Å²) in [6.07, 6.45) is -0.0726. The number of nitrogens with one attached hydrogen (secondary N) is 2. The van der Waals surface area contributed by atoms with E-state index in [0.29, 0.717) is 11.1 Å². The minimum absolute atomic E-state index is 0.0253. The van der Waals surface area contributed by atoms with Crippen LogP contribution < -0.4 is 10.0 Å². The molecule has 0 aliphatic carbocycles. The maximum atomic E-state index is 12.8. The molecular weight excluding hydrogens is 368 g/mol. The summed E-state index contributed by atoms with van der Waals surface area (Å²) in [7, 11) is -3.76. The van der Waals surface area contributed by atoms with Crippen LogP contribution in [0.2, 0.25) is 0 Å². The van der Waals surface area contributed by atoms with E-state index in [-0.39, 0.29) is 24.4 Å². The SMILES string of the molecule is Cc1c(C)c(C)c(S(=O)(=O)NCCC(=O)NCC(C)(C)C(=O)O)c(C)c1C. The molecule has 0 saturated carbocycles. The molecule has 1 rings (SSSR count). The van der Waals surface area contributed by atoms with Gasteiger partial charge in [0.15, 0.2) is 0 Å². The van der Waals surface area contributed by atoms with Gasteiger partial charge >= 0.3 is 5.97 Å². The van der Waals surface area contributed by atoms with Crippen LogP contribution in [0.25, 0.3) is 0 Å². The Morgan fingerprint density at radius 2 is 1.37 bits per heavy atom. The molecule has 0 spiro atoms. The summed E-state index contributed by atoms with van der Waals surface area (Å²) < 4.78 is 28.0. The Hall–Kier alpha value is -1.93. The van der Waals surface area contributed by atoms with Crippen molar-refractivity contribution in [1.29, 1.82) is 0 Å². The second kappa shape index (κ2) is 8.39. The third kappa shape index (κ3) is 5.29. The first kappa shape index (κ1) is 23.1. The molecule has 0 aliphatic heterocycles. The van der Waals surface area contributed by atoms with Crippen LogP contribution in [0.3, 0.4) is 0 Å². The number of rotatable bonds is 8. The van der Waals surface area contributed by atoms with Crippen LogP contribution in [-0.2, 0) is 19.6 Å². The second-order valence-electron chi connectivity index (χ2n) is 7.57. The van der Waals surface area contributed by atoms with Gasteiger partial charge in [-0.15, -0.1) is 0 Å². The number of sulfonamides is 1. The molecule has 1 amide bonds. The highest BCUT2D eigenvalue weighted by molar-refractivity contribution is 7.89. The molecule has 0 heterocycles. The van der Waals surface area contributed by atoms with Crippen molar-refractivity contribution in [2.75, 3.05) is 13.1 Å². The summed E-state index contributed by atoms with van der Waals surface area (Å²) in [4.78, 5) is 23.2. The van der Waals surface area contributed by atoms with Gasteiger partial charge in [-0.2, -0.15) is 0 Å². The van der Waals surface area contributed by atoms with E-state index < -0.39 is 27.3 Å². The van der Waals surface area contributed by atoms with Gasteiger partial charge in [0.1, 0.15) is 0 Å². The van der Waals surface area contributed by atoms with Crippen LogP contribution >= 0.6 is 0 Å². The average molecular weight is 399 g/mol. The molecule has 0 atom stereocenters. The van der Waals surface area contributed by atoms with E-state index in [1.807, 2.05) is 20.8 Å². The van der Waals surface area contributed by atoms with Gasteiger partial charge in [0.05, 0.1) is 10.3 Å². The molecule has 1 aromatic rings. The standard InChI is InChI=1S/C19H30N2O5S/c1-11-12(2)14(4)17(15(5)13(11)3)27(25,26)21-9-8-16(22)20-10-19(6,7)18(23)24/h21H,8-10H2,1-7H3,(H,20,22)(H,23,24). The maximum Gasteiger partial charge on any atom is 0.310 e. The number of carboxylic acids is 1. The molecule has 0 fully saturated rings. The van der Waals surface area contributed by atoms with Crippen molar-refractivity contribution < 1.29 is 23.1 Å². The van der Waals surface area contributed by atoms with Gasteiger partial charge < -0.3 is 10.4 Å². The van der Waals surface area contributed by atoms with Gasteiger partial charge in [-0.05, 0) is 76.3 Å². The molecule has 3 N–H and O–H groups in total. The number of amides is 1. The zero-order valence-electron chi connectivity index (χ0n) is 17.1. The first-order valence-corrected chi connectivity index (χ1v) is 10.3. The quantitative estimate of drug-likeness (QED) is 0.621. The van der Waals surface area contributed by atoms with E-state index in [2.05, 4.69) is 10.0 Å². The zero-order chi connectivity index (χ0) is 21.2. The first-order chi connectivity index (χ1) is 12.2. The molecule has 0 saturated heterocycles. The number of carbonyl (C=O) groups excluding carboxylic acids is 1. The fourth-order valence-corrected chi connectivity index (χ4v) is 4.35. The van der Waals surface area contributed by atoms with E-state index in [4.69, 9.17) is 5.11 Å². The molecule has 27 heavy (non-hydrogen) atoms. The Balaban J connectivity index is 2.81. The highest BCUT2D eigenvalue weighted by atomic mass is 32.2. The van der Waals surface area contributed by atoms with Crippen molar-refractivity contribution in [2.45, 2.75) is 59.8 Å². The largest absolute Gasteiger partial charge is 0.481 e. The lowest BCUT2D eigenvalue weighted by Crippen LogP contribution is -2.40. The fraction of sp³-hybridized carbons (Fsp3) is 0.579. The van der Waals surface area contributed by atoms with Crippen molar-refractivity contribution in [3.8, 4) is 0 Å². The van der Waals surface area contributed by atoms with E-state index in [0.717, 1.165) is 16.7 Å². The summed E-state index contributed by atoms with van der Waals surface area (Å²) in [5, 5.41) is 11.6.